The second kappa shape index (κ2) is 6.54. The number of rotatable bonds is 3. The Morgan fingerprint density at radius 2 is 2.00 bits per heavy atom. The molecule has 0 spiro atoms. The lowest BCUT2D eigenvalue weighted by atomic mass is 9.66. The monoisotopic (exact) mass is 343 g/mol. The smallest absolute Gasteiger partial charge is 0.131 e. The minimum atomic E-state index is -0.681. The van der Waals surface area contributed by atoms with E-state index in [0.717, 1.165) is 41.5 Å². The van der Waals surface area contributed by atoms with E-state index in [1.165, 1.54) is 19.3 Å². The first-order valence-electron chi connectivity index (χ1n) is 8.98. The quantitative estimate of drug-likeness (QED) is 0.927. The van der Waals surface area contributed by atoms with Crippen LogP contribution in [-0.2, 0) is 12.1 Å². The van der Waals surface area contributed by atoms with Gasteiger partial charge in [-0.3, -0.25) is 4.90 Å². The summed E-state index contributed by atoms with van der Waals surface area (Å²) in [4.78, 5) is 2.54. The molecule has 1 N–H and O–H groups in total. The molecule has 1 saturated carbocycles. The molecule has 3 atom stereocenters. The van der Waals surface area contributed by atoms with Crippen molar-refractivity contribution in [1.82, 2.24) is 15.1 Å². The number of piperidine rings is 1. The standard InChI is InChI=1S/C19H25N3OS/c1-14-20-21-18(24-14)13-22-12-11-19(23,15-7-3-2-4-8-15)16-9-5-6-10-17(16)22/h2-4,7-8,16-17,23H,5-6,9-13H2,1H3/t16-,17-,19+/m0/s1. The molecule has 1 aliphatic carbocycles. The van der Waals surface area contributed by atoms with Crippen LogP contribution >= 0.6 is 11.3 Å². The average molecular weight is 343 g/mol. The highest BCUT2D eigenvalue weighted by molar-refractivity contribution is 7.11. The molecule has 24 heavy (non-hydrogen) atoms. The second-order valence-corrected chi connectivity index (χ2v) is 8.45. The Bertz CT molecular complexity index is 689. The number of aryl methyl sites for hydroxylation is 1. The van der Waals surface area contributed by atoms with Gasteiger partial charge < -0.3 is 5.11 Å². The summed E-state index contributed by atoms with van der Waals surface area (Å²) in [6.45, 7) is 3.80. The van der Waals surface area contributed by atoms with Crippen molar-refractivity contribution in [2.45, 2.75) is 57.2 Å². The summed E-state index contributed by atoms with van der Waals surface area (Å²) in [7, 11) is 0. The SMILES string of the molecule is Cc1nnc(CN2CC[C@@](O)(c3ccccc3)[C@H]3CCCC[C@@H]32)s1. The topological polar surface area (TPSA) is 49.2 Å². The van der Waals surface area contributed by atoms with Gasteiger partial charge in [0, 0.05) is 18.5 Å². The third-order valence-electron chi connectivity index (χ3n) is 5.77. The van der Waals surface area contributed by atoms with E-state index in [2.05, 4.69) is 27.2 Å². The molecule has 1 aromatic carbocycles. The van der Waals surface area contributed by atoms with Crippen LogP contribution in [0.15, 0.2) is 30.3 Å². The average Bonchev–Trinajstić information content (AvgIpc) is 3.03. The molecule has 0 bridgehead atoms. The van der Waals surface area contributed by atoms with Gasteiger partial charge >= 0.3 is 0 Å². The molecule has 2 aliphatic rings. The van der Waals surface area contributed by atoms with E-state index >= 15 is 0 Å². The van der Waals surface area contributed by atoms with Crippen molar-refractivity contribution in [3.05, 3.63) is 45.9 Å². The zero-order chi connectivity index (χ0) is 16.6. The number of aliphatic hydroxyl groups is 1. The molecule has 0 unspecified atom stereocenters. The highest BCUT2D eigenvalue weighted by Crippen LogP contribution is 2.47. The van der Waals surface area contributed by atoms with Crippen LogP contribution in [0.5, 0.6) is 0 Å². The molecule has 1 aromatic heterocycles. The van der Waals surface area contributed by atoms with Gasteiger partial charge in [0.15, 0.2) is 0 Å². The van der Waals surface area contributed by atoms with Crippen molar-refractivity contribution in [3.63, 3.8) is 0 Å². The van der Waals surface area contributed by atoms with Crippen LogP contribution in [0.3, 0.4) is 0 Å². The van der Waals surface area contributed by atoms with E-state index in [1.54, 1.807) is 11.3 Å². The summed E-state index contributed by atoms with van der Waals surface area (Å²) >= 11 is 1.69. The van der Waals surface area contributed by atoms with Crippen molar-refractivity contribution in [2.75, 3.05) is 6.54 Å². The maximum absolute atomic E-state index is 11.6. The van der Waals surface area contributed by atoms with Crippen LogP contribution in [0.2, 0.25) is 0 Å². The van der Waals surface area contributed by atoms with Crippen molar-refractivity contribution < 1.29 is 5.11 Å². The molecule has 2 fully saturated rings. The number of hydrogen-bond donors (Lipinski definition) is 1. The minimum absolute atomic E-state index is 0.316. The molecule has 128 valence electrons. The first-order valence-corrected chi connectivity index (χ1v) is 9.79. The number of aromatic nitrogens is 2. The van der Waals surface area contributed by atoms with Gasteiger partial charge in [-0.1, -0.05) is 43.2 Å². The lowest BCUT2D eigenvalue weighted by Crippen LogP contribution is -2.57. The molecular formula is C19H25N3OS. The van der Waals surface area contributed by atoms with Gasteiger partial charge in [-0.05, 0) is 31.7 Å². The van der Waals surface area contributed by atoms with Crippen LogP contribution in [-0.4, -0.2) is 32.8 Å². The Labute approximate surface area is 147 Å². The predicted octanol–water partition coefficient (Wildman–Crippen LogP) is 3.50. The van der Waals surface area contributed by atoms with Crippen molar-refractivity contribution in [2.24, 2.45) is 5.92 Å². The zero-order valence-corrected chi connectivity index (χ0v) is 15.0. The van der Waals surface area contributed by atoms with Gasteiger partial charge in [-0.2, -0.15) is 0 Å². The van der Waals surface area contributed by atoms with Crippen LogP contribution in [0.4, 0.5) is 0 Å². The molecule has 0 amide bonds. The van der Waals surface area contributed by atoms with Gasteiger partial charge in [0.1, 0.15) is 10.0 Å². The van der Waals surface area contributed by atoms with Crippen molar-refractivity contribution in [1.29, 1.82) is 0 Å². The van der Waals surface area contributed by atoms with E-state index in [4.69, 9.17) is 0 Å². The molecule has 2 heterocycles. The lowest BCUT2D eigenvalue weighted by Gasteiger charge is -2.52. The fraction of sp³-hybridized carbons (Fsp3) is 0.579. The number of nitrogens with zero attached hydrogens (tertiary/aromatic N) is 3. The maximum atomic E-state index is 11.6. The van der Waals surface area contributed by atoms with Gasteiger partial charge in [-0.15, -0.1) is 21.5 Å². The highest BCUT2D eigenvalue weighted by atomic mass is 32.1. The van der Waals surface area contributed by atoms with Gasteiger partial charge in [0.25, 0.3) is 0 Å². The third kappa shape index (κ3) is 2.89. The van der Waals surface area contributed by atoms with E-state index < -0.39 is 5.60 Å². The zero-order valence-electron chi connectivity index (χ0n) is 14.2. The molecular weight excluding hydrogens is 318 g/mol. The third-order valence-corrected chi connectivity index (χ3v) is 6.60. The summed E-state index contributed by atoms with van der Waals surface area (Å²) < 4.78 is 0. The predicted molar refractivity (Wildman–Crippen MR) is 95.8 cm³/mol. The van der Waals surface area contributed by atoms with E-state index in [1.807, 2.05) is 25.1 Å². The van der Waals surface area contributed by atoms with Gasteiger partial charge in [-0.25, -0.2) is 0 Å². The fourth-order valence-electron chi connectivity index (χ4n) is 4.63. The first-order chi connectivity index (χ1) is 11.7. The number of likely N-dealkylation sites (tertiary alicyclic amines) is 1. The fourth-order valence-corrected chi connectivity index (χ4v) is 5.36. The van der Waals surface area contributed by atoms with Crippen LogP contribution in [0.1, 0.15) is 47.7 Å². The largest absolute Gasteiger partial charge is 0.385 e. The molecule has 4 rings (SSSR count). The van der Waals surface area contributed by atoms with Crippen molar-refractivity contribution >= 4 is 11.3 Å². The van der Waals surface area contributed by atoms with E-state index in [0.29, 0.717) is 12.0 Å². The normalized spacial score (nSPS) is 30.9. The highest BCUT2D eigenvalue weighted by Gasteiger charge is 2.49. The lowest BCUT2D eigenvalue weighted by molar-refractivity contribution is -0.123. The Balaban J connectivity index is 1.60. The maximum Gasteiger partial charge on any atom is 0.131 e. The molecule has 0 radical (unpaired) electrons. The number of fused-ring (bicyclic) bond motifs is 1. The summed E-state index contributed by atoms with van der Waals surface area (Å²) in [6, 6.07) is 10.7. The van der Waals surface area contributed by atoms with Crippen LogP contribution in [0, 0.1) is 12.8 Å². The van der Waals surface area contributed by atoms with Crippen LogP contribution in [0.25, 0.3) is 0 Å². The Hall–Kier alpha value is -1.30. The Morgan fingerprint density at radius 3 is 2.75 bits per heavy atom. The van der Waals surface area contributed by atoms with E-state index in [9.17, 15) is 5.11 Å². The summed E-state index contributed by atoms with van der Waals surface area (Å²) in [6.07, 6.45) is 5.58. The first kappa shape index (κ1) is 16.2. The number of benzene rings is 1. The van der Waals surface area contributed by atoms with E-state index in [-0.39, 0.29) is 0 Å². The Kier molecular flexibility index (Phi) is 4.41. The van der Waals surface area contributed by atoms with Crippen LogP contribution < -0.4 is 0 Å². The van der Waals surface area contributed by atoms with Gasteiger partial charge in [0.05, 0.1) is 12.1 Å². The second-order valence-electron chi connectivity index (χ2n) is 7.18. The molecule has 2 aromatic rings. The molecule has 1 aliphatic heterocycles. The minimum Gasteiger partial charge on any atom is -0.385 e. The van der Waals surface area contributed by atoms with Crippen molar-refractivity contribution in [3.8, 4) is 0 Å². The number of hydrogen-bond acceptors (Lipinski definition) is 5. The van der Waals surface area contributed by atoms with Gasteiger partial charge in [0.2, 0.25) is 0 Å². The summed E-state index contributed by atoms with van der Waals surface area (Å²) in [5, 5.41) is 22.2. The molecule has 4 nitrogen and oxygen atoms in total. The molecule has 1 saturated heterocycles. The summed E-state index contributed by atoms with van der Waals surface area (Å²) in [5.41, 5.74) is 0.410. The Morgan fingerprint density at radius 1 is 1.21 bits per heavy atom. The summed E-state index contributed by atoms with van der Waals surface area (Å²) in [5.74, 6) is 0.316. The molecule has 5 heteroatoms.